The van der Waals surface area contributed by atoms with Crippen LogP contribution in [0.25, 0.3) is 10.9 Å². The van der Waals surface area contributed by atoms with Crippen molar-refractivity contribution in [2.45, 2.75) is 50.2 Å². The van der Waals surface area contributed by atoms with Gasteiger partial charge in [0.1, 0.15) is 40.5 Å². The molecule has 0 atom stereocenters. The van der Waals surface area contributed by atoms with E-state index in [9.17, 15) is 13.8 Å². The van der Waals surface area contributed by atoms with Crippen molar-refractivity contribution in [1.29, 1.82) is 0 Å². The maximum absolute atomic E-state index is 13.4. The van der Waals surface area contributed by atoms with Crippen molar-refractivity contribution in [3.63, 3.8) is 0 Å². The maximum atomic E-state index is 13.4. The van der Waals surface area contributed by atoms with E-state index in [0.717, 1.165) is 36.8 Å². The highest BCUT2D eigenvalue weighted by molar-refractivity contribution is 8.01. The Morgan fingerprint density at radius 1 is 1.17 bits per heavy atom. The minimum Gasteiger partial charge on any atom is -0.367 e. The Labute approximate surface area is 218 Å². The van der Waals surface area contributed by atoms with Gasteiger partial charge in [-0.05, 0) is 57.0 Å². The summed E-state index contributed by atoms with van der Waals surface area (Å²) in [6, 6.07) is 7.85. The molecule has 1 saturated heterocycles. The van der Waals surface area contributed by atoms with Crippen molar-refractivity contribution >= 4 is 44.3 Å². The number of carbonyl (C=O) groups is 2. The number of likely N-dealkylation sites (tertiary alicyclic amines) is 1. The van der Waals surface area contributed by atoms with Crippen LogP contribution in [0.2, 0.25) is 0 Å². The zero-order valence-electron chi connectivity index (χ0n) is 21.3. The lowest BCUT2D eigenvalue weighted by Crippen LogP contribution is -2.47. The van der Waals surface area contributed by atoms with Gasteiger partial charge in [-0.15, -0.1) is 4.21 Å². The average Bonchev–Trinajstić information content (AvgIpc) is 3.18. The Balaban J connectivity index is 1.59. The van der Waals surface area contributed by atoms with Gasteiger partial charge < -0.3 is 25.4 Å². The van der Waals surface area contributed by atoms with Crippen LogP contribution in [0.5, 0.6) is 0 Å². The number of halogens is 1. The van der Waals surface area contributed by atoms with Crippen LogP contribution in [-0.2, 0) is 25.5 Å². The van der Waals surface area contributed by atoms with Crippen molar-refractivity contribution in [1.82, 2.24) is 25.4 Å². The third kappa shape index (κ3) is 6.19. The van der Waals surface area contributed by atoms with Crippen molar-refractivity contribution in [2.24, 2.45) is 0 Å². The van der Waals surface area contributed by atoms with Crippen molar-refractivity contribution in [3.8, 4) is 0 Å². The molecule has 1 aromatic heterocycles. The highest BCUT2D eigenvalue weighted by atomic mass is 35.5. The molecule has 194 valence electrons. The number of benzene rings is 1. The largest absolute Gasteiger partial charge is 0.367 e. The minimum atomic E-state index is -2.18. The van der Waals surface area contributed by atoms with Crippen molar-refractivity contribution < 1.29 is 13.8 Å². The molecule has 0 saturated carbocycles. The number of allylic oxidation sites excluding steroid dienone is 2. The van der Waals surface area contributed by atoms with E-state index >= 15 is 0 Å². The lowest BCUT2D eigenvalue weighted by Gasteiger charge is -2.34. The molecule has 2 aliphatic heterocycles. The van der Waals surface area contributed by atoms with E-state index in [1.54, 1.807) is 41.4 Å². The third-order valence-electron chi connectivity index (χ3n) is 6.72. The van der Waals surface area contributed by atoms with Gasteiger partial charge in [-0.1, -0.05) is 11.6 Å². The Hall–Kier alpha value is -2.62. The summed E-state index contributed by atoms with van der Waals surface area (Å²) in [5.41, 5.74) is 1.15. The van der Waals surface area contributed by atoms with E-state index in [-0.39, 0.29) is 24.4 Å². The molecule has 8 nitrogen and oxygen atoms in total. The summed E-state index contributed by atoms with van der Waals surface area (Å²) in [5.74, 6) is 0.0839. The summed E-state index contributed by atoms with van der Waals surface area (Å²) in [4.78, 5) is 29.5. The Bertz CT molecular complexity index is 1270. The van der Waals surface area contributed by atoms with Crippen LogP contribution in [0.3, 0.4) is 0 Å². The van der Waals surface area contributed by atoms with Gasteiger partial charge >= 0.3 is 0 Å². The number of rotatable bonds is 7. The normalized spacial score (nSPS) is 17.5. The second-order valence-electron chi connectivity index (χ2n) is 10.0. The van der Waals surface area contributed by atoms with Crippen LogP contribution >= 0.6 is 11.6 Å². The lowest BCUT2D eigenvalue weighted by atomic mass is 10.0. The summed E-state index contributed by atoms with van der Waals surface area (Å²) in [6.45, 7) is 6.66. The molecule has 2 aromatic rings. The molecular formula is C26H35ClN5O3S+. The number of piperidine rings is 1. The molecule has 1 aromatic carbocycles. The molecule has 3 N–H and O–H groups in total. The molecular weight excluding hydrogens is 498 g/mol. The van der Waals surface area contributed by atoms with E-state index in [0.29, 0.717) is 34.0 Å². The quantitative estimate of drug-likeness (QED) is 0.476. The fraction of sp³-hybridized carbons (Fsp3) is 0.462. The summed E-state index contributed by atoms with van der Waals surface area (Å²) < 4.78 is 14.4. The summed E-state index contributed by atoms with van der Waals surface area (Å²) >= 11 is 5.97. The van der Waals surface area contributed by atoms with Crippen LogP contribution in [0.15, 0.2) is 52.2 Å². The number of nitrogens with one attached hydrogen (secondary N) is 3. The number of dihydropyridines is 1. The van der Waals surface area contributed by atoms with Gasteiger partial charge in [0, 0.05) is 47.2 Å². The van der Waals surface area contributed by atoms with Crippen LogP contribution < -0.4 is 16.0 Å². The SMILES string of the molecule is CC(C)N1CCC(NC(=O)c2cc3cc([S+](C)(C)=O)ccc3n2CC(=O)NC2=CC=C(Cl)CN2)CC1. The number of hydrogen-bond donors (Lipinski definition) is 3. The average molecular weight is 533 g/mol. The molecule has 0 aliphatic carbocycles. The molecule has 10 heteroatoms. The summed E-state index contributed by atoms with van der Waals surface area (Å²) in [6.07, 6.45) is 8.61. The zero-order valence-corrected chi connectivity index (χ0v) is 22.8. The highest BCUT2D eigenvalue weighted by Gasteiger charge is 2.26. The second-order valence-corrected chi connectivity index (χ2v) is 13.5. The van der Waals surface area contributed by atoms with E-state index in [1.165, 1.54) is 0 Å². The second kappa shape index (κ2) is 10.8. The minimum absolute atomic E-state index is 0.0402. The van der Waals surface area contributed by atoms with Gasteiger partial charge in [0.05, 0.1) is 6.54 Å². The zero-order chi connectivity index (χ0) is 26.0. The van der Waals surface area contributed by atoms with Gasteiger partial charge in [0.2, 0.25) is 5.91 Å². The number of hydrogen-bond acceptors (Lipinski definition) is 5. The molecule has 2 aliphatic rings. The van der Waals surface area contributed by atoms with Crippen LogP contribution in [0.4, 0.5) is 0 Å². The Kier molecular flexibility index (Phi) is 7.92. The first kappa shape index (κ1) is 26.4. The predicted octanol–water partition coefficient (Wildman–Crippen LogP) is 3.05. The monoisotopic (exact) mass is 532 g/mol. The molecule has 0 bridgehead atoms. The van der Waals surface area contributed by atoms with Crippen LogP contribution in [-0.4, -0.2) is 65.5 Å². The van der Waals surface area contributed by atoms with E-state index < -0.39 is 9.93 Å². The van der Waals surface area contributed by atoms with Crippen molar-refractivity contribution in [3.05, 3.63) is 53.0 Å². The third-order valence-corrected chi connectivity index (χ3v) is 8.37. The number of aromatic nitrogens is 1. The first-order valence-electron chi connectivity index (χ1n) is 12.2. The molecule has 3 heterocycles. The Morgan fingerprint density at radius 2 is 1.89 bits per heavy atom. The lowest BCUT2D eigenvalue weighted by molar-refractivity contribution is -0.121. The number of nitrogens with zero attached hydrogens (tertiary/aromatic N) is 2. The van der Waals surface area contributed by atoms with Gasteiger partial charge in [0.25, 0.3) is 5.91 Å². The van der Waals surface area contributed by atoms with E-state index in [4.69, 9.17) is 11.6 Å². The highest BCUT2D eigenvalue weighted by Crippen LogP contribution is 2.26. The molecule has 4 rings (SSSR count). The fourth-order valence-electron chi connectivity index (χ4n) is 4.62. The standard InChI is InChI=1S/C26H34ClN5O3S/c1-17(2)31-11-9-20(10-12-31)29-26(34)23-14-18-13-21(36(3,4)35)6-7-22(18)32(23)16-25(33)30-24-8-5-19(27)15-28-24/h5-8,13-14,17,20,28H,9-12,15-16H2,1-4H3,(H-,29,30,33,34)/p+1. The number of carbonyl (C=O) groups excluding carboxylic acids is 2. The number of amides is 2. The van der Waals surface area contributed by atoms with Crippen molar-refractivity contribution in [2.75, 3.05) is 32.1 Å². The summed E-state index contributed by atoms with van der Waals surface area (Å²) in [5, 5.41) is 10.5. The van der Waals surface area contributed by atoms with Gasteiger partial charge in [-0.25, -0.2) is 0 Å². The van der Waals surface area contributed by atoms with E-state index in [1.807, 2.05) is 12.1 Å². The number of fused-ring (bicyclic) bond motifs is 1. The fourth-order valence-corrected chi connectivity index (χ4v) is 5.56. The van der Waals surface area contributed by atoms with E-state index in [2.05, 4.69) is 34.7 Å². The maximum Gasteiger partial charge on any atom is 0.268 e. The molecule has 0 spiro atoms. The smallest absolute Gasteiger partial charge is 0.268 e. The first-order chi connectivity index (χ1) is 17.0. The Morgan fingerprint density at radius 3 is 2.50 bits per heavy atom. The van der Waals surface area contributed by atoms with Crippen LogP contribution in [0.1, 0.15) is 37.2 Å². The van der Waals surface area contributed by atoms with Gasteiger partial charge in [-0.2, -0.15) is 0 Å². The molecule has 0 unspecified atom stereocenters. The van der Waals surface area contributed by atoms with Gasteiger partial charge in [0.15, 0.2) is 4.90 Å². The van der Waals surface area contributed by atoms with Crippen LogP contribution in [0, 0.1) is 0 Å². The van der Waals surface area contributed by atoms with Gasteiger partial charge in [-0.3, -0.25) is 9.59 Å². The predicted molar refractivity (Wildman–Crippen MR) is 145 cm³/mol. The molecule has 0 radical (unpaired) electrons. The molecule has 36 heavy (non-hydrogen) atoms. The molecule has 2 amide bonds. The first-order valence-corrected chi connectivity index (χ1v) is 15.0. The molecule has 1 fully saturated rings. The topological polar surface area (TPSA) is 95.5 Å². The summed E-state index contributed by atoms with van der Waals surface area (Å²) in [7, 11) is -2.18.